The summed E-state index contributed by atoms with van der Waals surface area (Å²) in [5.74, 6) is -0.969. The van der Waals surface area contributed by atoms with Crippen molar-refractivity contribution in [3.05, 3.63) is 74.8 Å². The first-order valence-corrected chi connectivity index (χ1v) is 6.81. The molecule has 23 heavy (non-hydrogen) atoms. The number of nitro benzene ring substituents is 1. The predicted octanol–water partition coefficient (Wildman–Crippen LogP) is 1.93. The molecule has 0 bridgehead atoms. The summed E-state index contributed by atoms with van der Waals surface area (Å²) in [4.78, 5) is 33.7. The van der Waals surface area contributed by atoms with Gasteiger partial charge in [0.1, 0.15) is 0 Å². The van der Waals surface area contributed by atoms with Crippen LogP contribution in [0.25, 0.3) is 0 Å². The second kappa shape index (κ2) is 6.69. The second-order valence-electron chi connectivity index (χ2n) is 4.95. The second-order valence-corrected chi connectivity index (χ2v) is 4.95. The third-order valence-electron chi connectivity index (χ3n) is 3.41. The Hall–Kier alpha value is -3.22. The van der Waals surface area contributed by atoms with Gasteiger partial charge in [-0.3, -0.25) is 19.7 Å². The molecule has 3 N–H and O–H groups in total. The number of amides is 2. The van der Waals surface area contributed by atoms with Crippen molar-refractivity contribution in [2.24, 2.45) is 5.73 Å². The topological polar surface area (TPSA) is 115 Å². The highest BCUT2D eigenvalue weighted by atomic mass is 16.6. The summed E-state index contributed by atoms with van der Waals surface area (Å²) in [7, 11) is 0. The Morgan fingerprint density at radius 2 is 1.91 bits per heavy atom. The molecule has 7 heteroatoms. The molecule has 0 radical (unpaired) electrons. The highest BCUT2D eigenvalue weighted by molar-refractivity contribution is 5.96. The average Bonchev–Trinajstić information content (AvgIpc) is 2.52. The average molecular weight is 313 g/mol. The smallest absolute Gasteiger partial charge is 0.273 e. The molecule has 0 atom stereocenters. The van der Waals surface area contributed by atoms with E-state index >= 15 is 0 Å². The van der Waals surface area contributed by atoms with E-state index in [0.29, 0.717) is 16.7 Å². The molecule has 2 aromatic carbocycles. The van der Waals surface area contributed by atoms with Gasteiger partial charge in [0.2, 0.25) is 5.91 Å². The SMILES string of the molecule is Cc1c(C(=O)NCc2cccc(C(N)=O)c2)cccc1[N+](=O)[O-]. The van der Waals surface area contributed by atoms with Gasteiger partial charge in [-0.25, -0.2) is 0 Å². The van der Waals surface area contributed by atoms with Crippen molar-refractivity contribution in [2.45, 2.75) is 13.5 Å². The highest BCUT2D eigenvalue weighted by Gasteiger charge is 2.17. The maximum Gasteiger partial charge on any atom is 0.273 e. The van der Waals surface area contributed by atoms with Crippen LogP contribution in [0.2, 0.25) is 0 Å². The highest BCUT2D eigenvalue weighted by Crippen LogP contribution is 2.21. The Morgan fingerprint density at radius 3 is 2.57 bits per heavy atom. The van der Waals surface area contributed by atoms with Crippen molar-refractivity contribution >= 4 is 17.5 Å². The molecule has 0 aromatic heterocycles. The molecule has 0 spiro atoms. The summed E-state index contributed by atoms with van der Waals surface area (Å²) in [5, 5.41) is 13.6. The molecule has 2 rings (SSSR count). The number of carbonyl (C=O) groups is 2. The minimum atomic E-state index is -0.548. The van der Waals surface area contributed by atoms with Gasteiger partial charge >= 0.3 is 0 Å². The molecule has 0 unspecified atom stereocenters. The van der Waals surface area contributed by atoms with Gasteiger partial charge in [-0.15, -0.1) is 0 Å². The number of carbonyl (C=O) groups excluding carboxylic acids is 2. The Bertz CT molecular complexity index is 787. The Kier molecular flexibility index (Phi) is 4.70. The quantitative estimate of drug-likeness (QED) is 0.648. The van der Waals surface area contributed by atoms with Crippen LogP contribution in [0.4, 0.5) is 5.69 Å². The minimum absolute atomic E-state index is 0.103. The maximum absolute atomic E-state index is 12.2. The third kappa shape index (κ3) is 3.70. The molecule has 7 nitrogen and oxygen atoms in total. The van der Waals surface area contributed by atoms with E-state index in [1.54, 1.807) is 24.3 Å². The lowest BCUT2D eigenvalue weighted by atomic mass is 10.1. The molecule has 0 fully saturated rings. The normalized spacial score (nSPS) is 10.1. The molecular weight excluding hydrogens is 298 g/mol. The van der Waals surface area contributed by atoms with Crippen molar-refractivity contribution in [1.29, 1.82) is 0 Å². The molecule has 0 aliphatic rings. The lowest BCUT2D eigenvalue weighted by Gasteiger charge is -2.08. The Labute approximate surface area is 132 Å². The fraction of sp³-hybridized carbons (Fsp3) is 0.125. The number of nitrogens with zero attached hydrogens (tertiary/aromatic N) is 1. The summed E-state index contributed by atoms with van der Waals surface area (Å²) in [6.45, 7) is 1.71. The van der Waals surface area contributed by atoms with Crippen LogP contribution in [0.15, 0.2) is 42.5 Å². The summed E-state index contributed by atoms with van der Waals surface area (Å²) in [6.07, 6.45) is 0. The number of benzene rings is 2. The van der Waals surface area contributed by atoms with Crippen LogP contribution >= 0.6 is 0 Å². The zero-order chi connectivity index (χ0) is 17.0. The van der Waals surface area contributed by atoms with E-state index in [9.17, 15) is 19.7 Å². The van der Waals surface area contributed by atoms with Crippen molar-refractivity contribution in [3.63, 3.8) is 0 Å². The summed E-state index contributed by atoms with van der Waals surface area (Å²) >= 11 is 0. The molecule has 0 saturated heterocycles. The van der Waals surface area contributed by atoms with Gasteiger partial charge in [-0.2, -0.15) is 0 Å². The number of primary amides is 1. The van der Waals surface area contributed by atoms with Crippen molar-refractivity contribution in [3.8, 4) is 0 Å². The largest absolute Gasteiger partial charge is 0.366 e. The van der Waals surface area contributed by atoms with E-state index < -0.39 is 16.7 Å². The zero-order valence-electron chi connectivity index (χ0n) is 12.4. The molecular formula is C16H15N3O4. The van der Waals surface area contributed by atoms with Gasteiger partial charge < -0.3 is 11.1 Å². The first-order valence-electron chi connectivity index (χ1n) is 6.81. The summed E-state index contributed by atoms with van der Waals surface area (Å²) in [5.41, 5.74) is 6.70. The van der Waals surface area contributed by atoms with Crippen molar-refractivity contribution < 1.29 is 14.5 Å². The fourth-order valence-electron chi connectivity index (χ4n) is 2.18. The van der Waals surface area contributed by atoms with Crippen LogP contribution in [-0.2, 0) is 6.54 Å². The lowest BCUT2D eigenvalue weighted by Crippen LogP contribution is -2.24. The van der Waals surface area contributed by atoms with E-state index in [0.717, 1.165) is 0 Å². The first kappa shape index (κ1) is 16.2. The molecule has 2 amide bonds. The number of nitrogens with two attached hydrogens (primary N) is 1. The van der Waals surface area contributed by atoms with E-state index in [2.05, 4.69) is 5.32 Å². The van der Waals surface area contributed by atoms with Gasteiger partial charge in [0.15, 0.2) is 0 Å². The van der Waals surface area contributed by atoms with Crippen LogP contribution in [0.5, 0.6) is 0 Å². The van der Waals surface area contributed by atoms with Gasteiger partial charge in [-0.05, 0) is 30.7 Å². The molecule has 0 heterocycles. The standard InChI is InChI=1S/C16H15N3O4/c1-10-13(6-3-7-14(10)19(22)23)16(21)18-9-11-4-2-5-12(8-11)15(17)20/h2-8H,9H2,1H3,(H2,17,20)(H,18,21). The predicted molar refractivity (Wildman–Crippen MR) is 84.0 cm³/mol. The third-order valence-corrected chi connectivity index (χ3v) is 3.41. The Balaban J connectivity index is 2.14. The van der Waals surface area contributed by atoms with E-state index in [-0.39, 0.29) is 17.8 Å². The van der Waals surface area contributed by atoms with E-state index in [1.807, 2.05) is 0 Å². The molecule has 0 saturated carbocycles. The van der Waals surface area contributed by atoms with Crippen LogP contribution in [0, 0.1) is 17.0 Å². The molecule has 2 aromatic rings. The first-order chi connectivity index (χ1) is 10.9. The zero-order valence-corrected chi connectivity index (χ0v) is 12.4. The molecule has 0 aliphatic heterocycles. The number of hydrogen-bond acceptors (Lipinski definition) is 4. The monoisotopic (exact) mass is 313 g/mol. The summed E-state index contributed by atoms with van der Waals surface area (Å²) < 4.78 is 0. The van der Waals surface area contributed by atoms with Crippen LogP contribution in [0.3, 0.4) is 0 Å². The Morgan fingerprint density at radius 1 is 1.22 bits per heavy atom. The van der Waals surface area contributed by atoms with Crippen LogP contribution < -0.4 is 11.1 Å². The minimum Gasteiger partial charge on any atom is -0.366 e. The lowest BCUT2D eigenvalue weighted by molar-refractivity contribution is -0.385. The fourth-order valence-corrected chi connectivity index (χ4v) is 2.18. The van der Waals surface area contributed by atoms with E-state index in [4.69, 9.17) is 5.73 Å². The van der Waals surface area contributed by atoms with Crippen LogP contribution in [0.1, 0.15) is 31.8 Å². The van der Waals surface area contributed by atoms with Crippen molar-refractivity contribution in [1.82, 2.24) is 5.32 Å². The number of nitro groups is 1. The van der Waals surface area contributed by atoms with Gasteiger partial charge in [0, 0.05) is 29.3 Å². The molecule has 0 aliphatic carbocycles. The van der Waals surface area contributed by atoms with Gasteiger partial charge in [0.05, 0.1) is 4.92 Å². The number of nitrogens with one attached hydrogen (secondary N) is 1. The maximum atomic E-state index is 12.2. The van der Waals surface area contributed by atoms with Crippen molar-refractivity contribution in [2.75, 3.05) is 0 Å². The number of hydrogen-bond donors (Lipinski definition) is 2. The summed E-state index contributed by atoms with van der Waals surface area (Å²) in [6, 6.07) is 10.9. The number of rotatable bonds is 5. The van der Waals surface area contributed by atoms with Crippen LogP contribution in [-0.4, -0.2) is 16.7 Å². The van der Waals surface area contributed by atoms with E-state index in [1.165, 1.54) is 25.1 Å². The van der Waals surface area contributed by atoms with Gasteiger partial charge in [0.25, 0.3) is 11.6 Å². The molecule has 118 valence electrons. The van der Waals surface area contributed by atoms with Gasteiger partial charge in [-0.1, -0.05) is 18.2 Å².